The molecule has 0 unspecified atom stereocenters. The number of primary sulfonamides is 1. The lowest BCUT2D eigenvalue weighted by Crippen LogP contribution is -2.23. The molecule has 34 heavy (non-hydrogen) atoms. The number of anilines is 1. The molecule has 172 valence electrons. The summed E-state index contributed by atoms with van der Waals surface area (Å²) < 4.78 is 23.9. The highest BCUT2D eigenvalue weighted by atomic mass is 32.2. The zero-order valence-corrected chi connectivity index (χ0v) is 18.3. The van der Waals surface area contributed by atoms with E-state index in [1.807, 2.05) is 0 Å². The van der Waals surface area contributed by atoms with Gasteiger partial charge in [-0.1, -0.05) is 11.1 Å². The van der Waals surface area contributed by atoms with Crippen molar-refractivity contribution in [3.63, 3.8) is 0 Å². The average molecular weight is 478 g/mol. The van der Waals surface area contributed by atoms with Crippen LogP contribution in [0.15, 0.2) is 59.6 Å². The number of amides is 2. The van der Waals surface area contributed by atoms with Crippen molar-refractivity contribution in [2.45, 2.75) is 18.0 Å². The minimum atomic E-state index is -3.84. The van der Waals surface area contributed by atoms with Crippen molar-refractivity contribution in [3.8, 4) is 23.9 Å². The second-order valence-corrected chi connectivity index (χ2v) is 8.33. The number of hydrogen-bond donors (Lipinski definition) is 4. The summed E-state index contributed by atoms with van der Waals surface area (Å²) in [5.41, 5.74) is 1.91. The lowest BCUT2D eigenvalue weighted by atomic mass is 10.2. The van der Waals surface area contributed by atoms with Crippen LogP contribution in [0.2, 0.25) is 0 Å². The van der Waals surface area contributed by atoms with Gasteiger partial charge in [-0.25, -0.2) is 18.2 Å². The Bertz CT molecular complexity index is 1420. The molecule has 3 aromatic rings. The van der Waals surface area contributed by atoms with E-state index in [-0.39, 0.29) is 29.5 Å². The molecule has 0 aliphatic heterocycles. The highest BCUT2D eigenvalue weighted by Crippen LogP contribution is 2.10. The summed E-state index contributed by atoms with van der Waals surface area (Å²) in [6, 6.07) is 11.9. The van der Waals surface area contributed by atoms with Gasteiger partial charge in [-0.3, -0.25) is 9.59 Å². The maximum absolute atomic E-state index is 12.2. The van der Waals surface area contributed by atoms with Gasteiger partial charge < -0.3 is 15.7 Å². The third-order valence-electron chi connectivity index (χ3n) is 4.26. The molecule has 0 bridgehead atoms. The number of aromatic nitrogens is 3. The molecule has 3 rings (SSSR count). The van der Waals surface area contributed by atoms with Crippen molar-refractivity contribution in [1.29, 1.82) is 0 Å². The molecule has 0 aliphatic carbocycles. The number of hydrogen-bond acceptors (Lipinski definition) is 7. The first-order chi connectivity index (χ1) is 16.2. The number of sulfonamides is 1. The van der Waals surface area contributed by atoms with E-state index < -0.39 is 15.9 Å². The molecule has 0 saturated heterocycles. The Labute approximate surface area is 195 Å². The molecular weight excluding hydrogens is 460 g/mol. The van der Waals surface area contributed by atoms with E-state index >= 15 is 0 Å². The van der Waals surface area contributed by atoms with E-state index in [9.17, 15) is 18.0 Å². The third-order valence-corrected chi connectivity index (χ3v) is 5.19. The molecule has 0 radical (unpaired) electrons. The molecule has 1 aromatic heterocycles. The number of nitrogens with one attached hydrogen (secondary N) is 2. The molecule has 0 atom stereocenters. The van der Waals surface area contributed by atoms with E-state index in [1.54, 1.807) is 30.4 Å². The standard InChI is InChI=1S/C22H18N6O5S/c23-34(32,33)20-10-6-17(7-11-20)22(31)24-13-19-14-28(27-26-19)15-21(30)25-18-8-4-16(5-9-18)3-1-2-12-29/h4-11,14,29H,13,15H2,(H,24,31)(H,25,30)(H2,23,32,33). The first kappa shape index (κ1) is 24.0. The van der Waals surface area contributed by atoms with Gasteiger partial charge in [0.15, 0.2) is 0 Å². The molecular formula is C22H18N6O5S. The van der Waals surface area contributed by atoms with Crippen LogP contribution in [0.4, 0.5) is 5.69 Å². The van der Waals surface area contributed by atoms with Gasteiger partial charge in [0.2, 0.25) is 15.9 Å². The van der Waals surface area contributed by atoms with E-state index in [4.69, 9.17) is 10.2 Å². The van der Waals surface area contributed by atoms with Crippen molar-refractivity contribution >= 4 is 27.5 Å². The lowest BCUT2D eigenvalue weighted by Gasteiger charge is -2.05. The van der Waals surface area contributed by atoms with Crippen molar-refractivity contribution in [2.75, 3.05) is 5.32 Å². The molecule has 0 aliphatic rings. The summed E-state index contributed by atoms with van der Waals surface area (Å²) in [6.07, 6.45) is 3.21. The van der Waals surface area contributed by atoms with E-state index in [2.05, 4.69) is 38.7 Å². The smallest absolute Gasteiger partial charge is 0.251 e. The number of aliphatic hydroxyl groups excluding tert-OH is 1. The highest BCUT2D eigenvalue weighted by molar-refractivity contribution is 7.89. The fourth-order valence-electron chi connectivity index (χ4n) is 2.68. The summed E-state index contributed by atoms with van der Waals surface area (Å²) >= 11 is 0. The molecule has 0 spiro atoms. The second-order valence-electron chi connectivity index (χ2n) is 6.77. The normalized spacial score (nSPS) is 10.3. The van der Waals surface area contributed by atoms with Gasteiger partial charge in [0.1, 0.15) is 18.3 Å². The monoisotopic (exact) mass is 478 g/mol. The number of nitrogens with zero attached hydrogens (tertiary/aromatic N) is 3. The Morgan fingerprint density at radius 2 is 1.76 bits per heavy atom. The first-order valence-electron chi connectivity index (χ1n) is 9.60. The third kappa shape index (κ3) is 6.93. The van der Waals surface area contributed by atoms with Gasteiger partial charge in [0.05, 0.1) is 17.6 Å². The van der Waals surface area contributed by atoms with Crippen LogP contribution >= 0.6 is 0 Å². The van der Waals surface area contributed by atoms with Gasteiger partial charge in [-0.2, -0.15) is 0 Å². The number of carbonyl (C=O) groups excluding carboxylic acids is 2. The summed E-state index contributed by atoms with van der Waals surface area (Å²) in [7, 11) is -3.84. The maximum atomic E-state index is 12.2. The van der Waals surface area contributed by atoms with E-state index in [0.29, 0.717) is 16.9 Å². The molecule has 0 saturated carbocycles. The Morgan fingerprint density at radius 1 is 1.06 bits per heavy atom. The summed E-state index contributed by atoms with van der Waals surface area (Å²) in [4.78, 5) is 24.4. The summed E-state index contributed by atoms with van der Waals surface area (Å²) in [5.74, 6) is 6.63. The van der Waals surface area contributed by atoms with Gasteiger partial charge in [-0.05, 0) is 54.5 Å². The lowest BCUT2D eigenvalue weighted by molar-refractivity contribution is -0.116. The predicted molar refractivity (Wildman–Crippen MR) is 121 cm³/mol. The molecule has 2 aromatic carbocycles. The van der Waals surface area contributed by atoms with E-state index in [1.165, 1.54) is 35.1 Å². The summed E-state index contributed by atoms with van der Waals surface area (Å²) in [6.45, 7) is -0.0375. The molecule has 11 nitrogen and oxygen atoms in total. The molecule has 5 N–H and O–H groups in total. The number of carbonyl (C=O) groups is 2. The second kappa shape index (κ2) is 10.8. The van der Waals surface area contributed by atoms with E-state index in [0.717, 1.165) is 0 Å². The topological polar surface area (TPSA) is 169 Å². The first-order valence-corrected chi connectivity index (χ1v) is 11.1. The molecule has 1 heterocycles. The maximum Gasteiger partial charge on any atom is 0.251 e. The largest absolute Gasteiger partial charge is 0.461 e. The highest BCUT2D eigenvalue weighted by Gasteiger charge is 2.12. The number of aliphatic hydroxyl groups is 1. The van der Waals surface area contributed by atoms with Crippen LogP contribution < -0.4 is 15.8 Å². The number of benzene rings is 2. The van der Waals surface area contributed by atoms with Gasteiger partial charge in [0.25, 0.3) is 5.91 Å². The van der Waals surface area contributed by atoms with Crippen LogP contribution in [0.1, 0.15) is 21.6 Å². The number of rotatable bonds is 7. The minimum absolute atomic E-state index is 0.0561. The van der Waals surface area contributed by atoms with Crippen molar-refractivity contribution < 1.29 is 23.1 Å². The average Bonchev–Trinajstić information content (AvgIpc) is 3.25. The fourth-order valence-corrected chi connectivity index (χ4v) is 3.20. The molecule has 2 amide bonds. The quantitative estimate of drug-likeness (QED) is 0.351. The van der Waals surface area contributed by atoms with Gasteiger partial charge >= 0.3 is 0 Å². The van der Waals surface area contributed by atoms with Crippen molar-refractivity contribution in [3.05, 3.63) is 71.5 Å². The Balaban J connectivity index is 1.50. The van der Waals surface area contributed by atoms with Crippen LogP contribution in [0.25, 0.3) is 0 Å². The minimum Gasteiger partial charge on any atom is -0.461 e. The van der Waals surface area contributed by atoms with Crippen LogP contribution in [-0.4, -0.2) is 40.3 Å². The van der Waals surface area contributed by atoms with Crippen LogP contribution in [0.3, 0.4) is 0 Å². The van der Waals surface area contributed by atoms with Crippen LogP contribution in [0, 0.1) is 23.9 Å². The Hall–Kier alpha value is -4.65. The van der Waals surface area contributed by atoms with Gasteiger partial charge in [0, 0.05) is 22.7 Å². The summed E-state index contributed by atoms with van der Waals surface area (Å²) in [5, 5.41) is 26.5. The molecule has 12 heteroatoms. The predicted octanol–water partition coefficient (Wildman–Crippen LogP) is 0.179. The van der Waals surface area contributed by atoms with Crippen LogP contribution in [0.5, 0.6) is 0 Å². The SMILES string of the molecule is NS(=O)(=O)c1ccc(C(=O)NCc2cn(CC(=O)Nc3ccc(C#CC#CO)cc3)nn2)cc1. The fraction of sp³-hybridized carbons (Fsp3) is 0.0909. The van der Waals surface area contributed by atoms with Crippen LogP contribution in [-0.2, 0) is 27.9 Å². The molecule has 0 fully saturated rings. The number of nitrogens with two attached hydrogens (primary N) is 1. The van der Waals surface area contributed by atoms with Gasteiger partial charge in [-0.15, -0.1) is 5.10 Å². The van der Waals surface area contributed by atoms with Crippen molar-refractivity contribution in [1.82, 2.24) is 20.3 Å². The zero-order valence-electron chi connectivity index (χ0n) is 17.5. The zero-order chi connectivity index (χ0) is 24.6. The Morgan fingerprint density at radius 3 is 2.41 bits per heavy atom. The Kier molecular flexibility index (Phi) is 7.61. The van der Waals surface area contributed by atoms with Crippen molar-refractivity contribution in [2.24, 2.45) is 5.14 Å².